The Morgan fingerprint density at radius 2 is 2.62 bits per heavy atom. The number of hydrogen-bond acceptors (Lipinski definition) is 2. The number of nitrogens with zero attached hydrogens (tertiary/aromatic N) is 1. The molecule has 3 nitrogen and oxygen atoms in total. The van der Waals surface area contributed by atoms with Gasteiger partial charge in [0.25, 0.3) is 0 Å². The van der Waals surface area contributed by atoms with Crippen molar-refractivity contribution >= 4 is 12.2 Å². The summed E-state index contributed by atoms with van der Waals surface area (Å²) >= 11 is 0. The number of carboxylic acid groups (broad SMARTS) is 1. The molecule has 1 atom stereocenters. The lowest BCUT2D eigenvalue weighted by Gasteiger charge is -1.93. The first kappa shape index (κ1) is 5.28. The van der Waals surface area contributed by atoms with Crippen LogP contribution in [-0.2, 0) is 4.79 Å². The molecule has 0 amide bonds. The maximum Gasteiger partial charge on any atom is 0.311 e. The lowest BCUT2D eigenvalue weighted by molar-refractivity contribution is -0.139. The van der Waals surface area contributed by atoms with Crippen LogP contribution in [0.3, 0.4) is 0 Å². The Kier molecular flexibility index (Phi) is 1.28. The number of hydrogen-bond donors (Lipinski definition) is 1. The Bertz CT molecular complexity index is 130. The minimum atomic E-state index is -0.758. The van der Waals surface area contributed by atoms with Gasteiger partial charge in [0, 0.05) is 12.8 Å². The van der Waals surface area contributed by atoms with Crippen molar-refractivity contribution in [2.45, 2.75) is 6.42 Å². The van der Waals surface area contributed by atoms with E-state index in [2.05, 4.69) is 4.99 Å². The van der Waals surface area contributed by atoms with E-state index in [0.29, 0.717) is 13.0 Å². The molecule has 0 saturated heterocycles. The largest absolute Gasteiger partial charge is 0.481 e. The van der Waals surface area contributed by atoms with E-state index in [1.165, 1.54) is 6.21 Å². The summed E-state index contributed by atoms with van der Waals surface area (Å²) in [6, 6.07) is 0. The Hall–Kier alpha value is -0.860. The van der Waals surface area contributed by atoms with Crippen LogP contribution in [0.5, 0.6) is 0 Å². The van der Waals surface area contributed by atoms with Crippen molar-refractivity contribution in [1.29, 1.82) is 0 Å². The fourth-order valence-electron chi connectivity index (χ4n) is 0.677. The van der Waals surface area contributed by atoms with Gasteiger partial charge in [0.05, 0.1) is 5.92 Å². The Morgan fingerprint density at radius 3 is 2.88 bits per heavy atom. The third-order valence-electron chi connectivity index (χ3n) is 1.17. The van der Waals surface area contributed by atoms with Crippen molar-refractivity contribution in [2.24, 2.45) is 10.9 Å². The van der Waals surface area contributed by atoms with E-state index in [-0.39, 0.29) is 5.92 Å². The number of carbonyl (C=O) groups is 1. The number of aliphatic imine (C=N–C) groups is 1. The Labute approximate surface area is 47.0 Å². The molecule has 0 aromatic carbocycles. The van der Waals surface area contributed by atoms with Gasteiger partial charge in [-0.2, -0.15) is 0 Å². The number of rotatable bonds is 1. The molecule has 1 aliphatic heterocycles. The average molecular weight is 113 g/mol. The first-order valence-electron chi connectivity index (χ1n) is 2.53. The van der Waals surface area contributed by atoms with Crippen LogP contribution in [0.15, 0.2) is 4.99 Å². The zero-order valence-corrected chi connectivity index (χ0v) is 4.37. The van der Waals surface area contributed by atoms with Gasteiger partial charge in [0.15, 0.2) is 0 Å². The molecule has 3 heteroatoms. The third-order valence-corrected chi connectivity index (χ3v) is 1.17. The highest BCUT2D eigenvalue weighted by Crippen LogP contribution is 2.05. The van der Waals surface area contributed by atoms with Gasteiger partial charge in [-0.1, -0.05) is 0 Å². The van der Waals surface area contributed by atoms with Gasteiger partial charge in [-0.3, -0.25) is 9.79 Å². The predicted molar refractivity (Wildman–Crippen MR) is 29.1 cm³/mol. The molecule has 8 heavy (non-hydrogen) atoms. The second-order valence-electron chi connectivity index (χ2n) is 1.79. The van der Waals surface area contributed by atoms with Crippen molar-refractivity contribution < 1.29 is 9.90 Å². The van der Waals surface area contributed by atoms with Gasteiger partial charge in [-0.05, 0) is 6.42 Å². The summed E-state index contributed by atoms with van der Waals surface area (Å²) in [7, 11) is 0. The maximum atomic E-state index is 10.1. The van der Waals surface area contributed by atoms with Gasteiger partial charge in [-0.25, -0.2) is 0 Å². The fourth-order valence-corrected chi connectivity index (χ4v) is 0.677. The molecule has 1 rings (SSSR count). The lowest BCUT2D eigenvalue weighted by atomic mass is 10.1. The van der Waals surface area contributed by atoms with Crippen molar-refractivity contribution in [1.82, 2.24) is 0 Å². The van der Waals surface area contributed by atoms with Crippen LogP contribution in [0.2, 0.25) is 0 Å². The molecule has 0 fully saturated rings. The Morgan fingerprint density at radius 1 is 1.88 bits per heavy atom. The minimum absolute atomic E-state index is 0.310. The molecule has 0 saturated carbocycles. The Balaban J connectivity index is 2.48. The van der Waals surface area contributed by atoms with E-state index in [9.17, 15) is 4.79 Å². The zero-order valence-electron chi connectivity index (χ0n) is 4.37. The molecule has 0 radical (unpaired) electrons. The molecule has 0 aromatic heterocycles. The van der Waals surface area contributed by atoms with Crippen LogP contribution in [-0.4, -0.2) is 23.8 Å². The highest BCUT2D eigenvalue weighted by molar-refractivity contribution is 5.89. The van der Waals surface area contributed by atoms with Gasteiger partial charge in [0.1, 0.15) is 0 Å². The molecule has 0 bridgehead atoms. The fraction of sp³-hybridized carbons (Fsp3) is 0.600. The SMILES string of the molecule is O=C(O)C1C=NCC1. The number of aliphatic carboxylic acids is 1. The number of carboxylic acids is 1. The van der Waals surface area contributed by atoms with E-state index in [1.54, 1.807) is 0 Å². The lowest BCUT2D eigenvalue weighted by Crippen LogP contribution is -2.11. The maximum absolute atomic E-state index is 10.1. The quantitative estimate of drug-likeness (QED) is 0.526. The monoisotopic (exact) mass is 113 g/mol. The third kappa shape index (κ3) is 0.857. The summed E-state index contributed by atoms with van der Waals surface area (Å²) < 4.78 is 0. The van der Waals surface area contributed by atoms with E-state index in [1.807, 2.05) is 0 Å². The van der Waals surface area contributed by atoms with Crippen LogP contribution in [0.25, 0.3) is 0 Å². The van der Waals surface area contributed by atoms with Crippen LogP contribution < -0.4 is 0 Å². The average Bonchev–Trinajstić information content (AvgIpc) is 2.12. The van der Waals surface area contributed by atoms with Crippen LogP contribution in [0, 0.1) is 5.92 Å². The summed E-state index contributed by atoms with van der Waals surface area (Å²) in [4.78, 5) is 13.9. The zero-order chi connectivity index (χ0) is 5.98. The molecule has 1 heterocycles. The molecular formula is C5H7NO2. The van der Waals surface area contributed by atoms with E-state index in [0.717, 1.165) is 0 Å². The molecule has 1 unspecified atom stereocenters. The smallest absolute Gasteiger partial charge is 0.311 e. The molecule has 44 valence electrons. The summed E-state index contributed by atoms with van der Waals surface area (Å²) in [6.45, 7) is 0.678. The van der Waals surface area contributed by atoms with Crippen LogP contribution in [0.1, 0.15) is 6.42 Å². The van der Waals surface area contributed by atoms with Crippen molar-refractivity contribution in [3.8, 4) is 0 Å². The first-order valence-corrected chi connectivity index (χ1v) is 2.53. The van der Waals surface area contributed by atoms with Crippen molar-refractivity contribution in [3.63, 3.8) is 0 Å². The topological polar surface area (TPSA) is 49.7 Å². The van der Waals surface area contributed by atoms with Crippen LogP contribution in [0.4, 0.5) is 0 Å². The molecular weight excluding hydrogens is 106 g/mol. The minimum Gasteiger partial charge on any atom is -0.481 e. The second kappa shape index (κ2) is 1.94. The summed E-state index contributed by atoms with van der Waals surface area (Å²) in [5.74, 6) is -1.07. The van der Waals surface area contributed by atoms with Gasteiger partial charge >= 0.3 is 5.97 Å². The molecule has 0 spiro atoms. The van der Waals surface area contributed by atoms with Gasteiger partial charge < -0.3 is 5.11 Å². The summed E-state index contributed by atoms with van der Waals surface area (Å²) in [5.41, 5.74) is 0. The highest BCUT2D eigenvalue weighted by atomic mass is 16.4. The molecule has 0 aromatic rings. The predicted octanol–water partition coefficient (Wildman–Crippen LogP) is 0.162. The van der Waals surface area contributed by atoms with E-state index < -0.39 is 5.97 Å². The standard InChI is InChI=1S/C5H7NO2/c7-5(8)4-1-2-6-3-4/h3-4H,1-2H2,(H,7,8). The van der Waals surface area contributed by atoms with E-state index in [4.69, 9.17) is 5.11 Å². The van der Waals surface area contributed by atoms with Crippen molar-refractivity contribution in [3.05, 3.63) is 0 Å². The van der Waals surface area contributed by atoms with Gasteiger partial charge in [-0.15, -0.1) is 0 Å². The first-order chi connectivity index (χ1) is 3.80. The molecule has 1 N–H and O–H groups in total. The summed E-state index contributed by atoms with van der Waals surface area (Å²) in [6.07, 6.45) is 2.18. The summed E-state index contributed by atoms with van der Waals surface area (Å²) in [5, 5.41) is 8.32. The van der Waals surface area contributed by atoms with Gasteiger partial charge in [0.2, 0.25) is 0 Å². The van der Waals surface area contributed by atoms with Crippen molar-refractivity contribution in [2.75, 3.05) is 6.54 Å². The van der Waals surface area contributed by atoms with E-state index >= 15 is 0 Å². The molecule has 0 aliphatic carbocycles. The normalized spacial score (nSPS) is 26.2. The molecule has 1 aliphatic rings. The van der Waals surface area contributed by atoms with Crippen LogP contribution >= 0.6 is 0 Å². The second-order valence-corrected chi connectivity index (χ2v) is 1.79. The highest BCUT2D eigenvalue weighted by Gasteiger charge is 2.17.